The van der Waals surface area contributed by atoms with Crippen molar-refractivity contribution in [3.05, 3.63) is 23.7 Å². The number of carbonyl (C=O) groups is 1. The van der Waals surface area contributed by atoms with Crippen LogP contribution < -0.4 is 5.32 Å². The average molecular weight is 281 g/mol. The summed E-state index contributed by atoms with van der Waals surface area (Å²) in [5.74, 6) is -0.0280. The predicted octanol–water partition coefficient (Wildman–Crippen LogP) is 1.73. The van der Waals surface area contributed by atoms with E-state index in [1.54, 1.807) is 0 Å². The number of hydrogen-bond donors (Lipinski definition) is 1. The van der Waals surface area contributed by atoms with Gasteiger partial charge in [0.05, 0.1) is 25.8 Å². The van der Waals surface area contributed by atoms with Gasteiger partial charge in [0.2, 0.25) is 0 Å². The molecule has 0 bridgehead atoms. The molecule has 0 radical (unpaired) electrons. The van der Waals surface area contributed by atoms with Gasteiger partial charge in [-0.2, -0.15) is 13.2 Å². The fourth-order valence-electron chi connectivity index (χ4n) is 1.24. The van der Waals surface area contributed by atoms with Gasteiger partial charge in [-0.15, -0.1) is 0 Å². The number of carbonyl (C=O) groups excluding carboxylic acids is 1. The minimum atomic E-state index is -4.31. The molecular weight excluding hydrogens is 267 g/mol. The molecule has 1 aromatic rings. The maximum atomic E-state index is 11.7. The SMILES string of the molecule is COC(=O)c1coc(CNCCOCC(F)(F)F)c1. The standard InChI is InChI=1S/C11H14F3NO4/c1-17-10(16)8-4-9(19-6-8)5-15-2-3-18-7-11(12,13)14/h4,6,15H,2-3,5,7H2,1H3. The Morgan fingerprint density at radius 3 is 2.84 bits per heavy atom. The fourth-order valence-corrected chi connectivity index (χ4v) is 1.24. The number of nitrogens with one attached hydrogen (secondary N) is 1. The second-order valence-electron chi connectivity index (χ2n) is 3.64. The van der Waals surface area contributed by atoms with Crippen LogP contribution in [0.15, 0.2) is 16.7 Å². The van der Waals surface area contributed by atoms with Crippen LogP contribution in [0.2, 0.25) is 0 Å². The van der Waals surface area contributed by atoms with Crippen molar-refractivity contribution < 1.29 is 31.9 Å². The summed E-state index contributed by atoms with van der Waals surface area (Å²) < 4.78 is 49.2. The molecule has 19 heavy (non-hydrogen) atoms. The molecule has 0 aliphatic heterocycles. The van der Waals surface area contributed by atoms with Gasteiger partial charge < -0.3 is 19.2 Å². The van der Waals surface area contributed by atoms with E-state index in [1.807, 2.05) is 0 Å². The van der Waals surface area contributed by atoms with E-state index >= 15 is 0 Å². The Morgan fingerprint density at radius 2 is 2.21 bits per heavy atom. The summed E-state index contributed by atoms with van der Waals surface area (Å²) in [5.41, 5.74) is 0.285. The Kier molecular flexibility index (Phi) is 5.84. The van der Waals surface area contributed by atoms with Crippen molar-refractivity contribution in [2.45, 2.75) is 12.7 Å². The van der Waals surface area contributed by atoms with E-state index in [0.29, 0.717) is 5.76 Å². The highest BCUT2D eigenvalue weighted by atomic mass is 19.4. The first kappa shape index (κ1) is 15.5. The second-order valence-corrected chi connectivity index (χ2v) is 3.64. The quantitative estimate of drug-likeness (QED) is 0.609. The molecule has 0 aliphatic carbocycles. The predicted molar refractivity (Wildman–Crippen MR) is 58.6 cm³/mol. The molecular formula is C11H14F3NO4. The minimum Gasteiger partial charge on any atom is -0.467 e. The number of methoxy groups -OCH3 is 1. The van der Waals surface area contributed by atoms with E-state index in [0.717, 1.165) is 0 Å². The van der Waals surface area contributed by atoms with Crippen molar-refractivity contribution in [2.24, 2.45) is 0 Å². The third kappa shape index (κ3) is 6.25. The normalized spacial score (nSPS) is 11.6. The number of ether oxygens (including phenoxy) is 2. The number of halogens is 3. The van der Waals surface area contributed by atoms with Gasteiger partial charge in [0.25, 0.3) is 0 Å². The van der Waals surface area contributed by atoms with E-state index in [-0.39, 0.29) is 25.3 Å². The van der Waals surface area contributed by atoms with Gasteiger partial charge in [-0.1, -0.05) is 0 Å². The third-order valence-electron chi connectivity index (χ3n) is 2.06. The summed E-state index contributed by atoms with van der Waals surface area (Å²) in [6.07, 6.45) is -3.06. The van der Waals surface area contributed by atoms with Crippen molar-refractivity contribution in [3.8, 4) is 0 Å². The highest BCUT2D eigenvalue weighted by Crippen LogP contribution is 2.14. The first-order chi connectivity index (χ1) is 8.92. The zero-order valence-corrected chi connectivity index (χ0v) is 10.3. The fraction of sp³-hybridized carbons (Fsp3) is 0.545. The van der Waals surface area contributed by atoms with Crippen LogP contribution in [-0.2, 0) is 16.0 Å². The van der Waals surface area contributed by atoms with E-state index in [2.05, 4.69) is 14.8 Å². The zero-order valence-electron chi connectivity index (χ0n) is 10.3. The molecule has 8 heteroatoms. The van der Waals surface area contributed by atoms with E-state index in [9.17, 15) is 18.0 Å². The molecule has 1 N–H and O–H groups in total. The van der Waals surface area contributed by atoms with Gasteiger partial charge in [0.1, 0.15) is 18.6 Å². The highest BCUT2D eigenvalue weighted by Gasteiger charge is 2.27. The van der Waals surface area contributed by atoms with Gasteiger partial charge >= 0.3 is 12.1 Å². The van der Waals surface area contributed by atoms with Crippen LogP contribution in [0.25, 0.3) is 0 Å². The van der Waals surface area contributed by atoms with Crippen LogP contribution in [0.5, 0.6) is 0 Å². The summed E-state index contributed by atoms with van der Waals surface area (Å²) in [4.78, 5) is 11.1. The lowest BCUT2D eigenvalue weighted by Gasteiger charge is -2.07. The Labute approximate surface area is 107 Å². The average Bonchev–Trinajstić information content (AvgIpc) is 2.80. The van der Waals surface area contributed by atoms with Gasteiger partial charge in [-0.25, -0.2) is 4.79 Å². The molecule has 5 nitrogen and oxygen atoms in total. The zero-order chi connectivity index (χ0) is 14.3. The van der Waals surface area contributed by atoms with Gasteiger partial charge in [0, 0.05) is 6.54 Å². The summed E-state index contributed by atoms with van der Waals surface area (Å²) in [6, 6.07) is 1.50. The molecule has 0 atom stereocenters. The van der Waals surface area contributed by atoms with Crippen molar-refractivity contribution in [1.82, 2.24) is 5.32 Å². The topological polar surface area (TPSA) is 60.7 Å². The van der Waals surface area contributed by atoms with E-state index in [1.165, 1.54) is 19.4 Å². The number of hydrogen-bond acceptors (Lipinski definition) is 5. The Bertz CT molecular complexity index is 403. The number of rotatable bonds is 7. The smallest absolute Gasteiger partial charge is 0.411 e. The van der Waals surface area contributed by atoms with E-state index in [4.69, 9.17) is 4.42 Å². The number of esters is 1. The lowest BCUT2D eigenvalue weighted by Crippen LogP contribution is -2.23. The lowest BCUT2D eigenvalue weighted by atomic mass is 10.3. The minimum absolute atomic E-state index is 0.0654. The maximum absolute atomic E-state index is 11.7. The summed E-state index contributed by atoms with van der Waals surface area (Å²) >= 11 is 0. The van der Waals surface area contributed by atoms with Gasteiger partial charge in [-0.3, -0.25) is 0 Å². The monoisotopic (exact) mass is 281 g/mol. The van der Waals surface area contributed by atoms with E-state index < -0.39 is 18.8 Å². The van der Waals surface area contributed by atoms with Crippen molar-refractivity contribution in [3.63, 3.8) is 0 Å². The Morgan fingerprint density at radius 1 is 1.47 bits per heavy atom. The first-order valence-corrected chi connectivity index (χ1v) is 5.43. The number of alkyl halides is 3. The molecule has 1 rings (SSSR count). The lowest BCUT2D eigenvalue weighted by molar-refractivity contribution is -0.173. The van der Waals surface area contributed by atoms with Gasteiger partial charge in [-0.05, 0) is 6.07 Å². The van der Waals surface area contributed by atoms with Crippen LogP contribution in [-0.4, -0.2) is 39.0 Å². The molecule has 0 saturated heterocycles. The molecule has 0 amide bonds. The van der Waals surface area contributed by atoms with Crippen molar-refractivity contribution in [1.29, 1.82) is 0 Å². The summed E-state index contributed by atoms with van der Waals surface area (Å²) in [5, 5.41) is 2.82. The molecule has 0 spiro atoms. The van der Waals surface area contributed by atoms with Crippen LogP contribution in [0.1, 0.15) is 16.1 Å². The highest BCUT2D eigenvalue weighted by molar-refractivity contribution is 5.88. The van der Waals surface area contributed by atoms with Crippen molar-refractivity contribution >= 4 is 5.97 Å². The van der Waals surface area contributed by atoms with Crippen LogP contribution in [0.3, 0.4) is 0 Å². The molecule has 108 valence electrons. The molecule has 0 aromatic carbocycles. The van der Waals surface area contributed by atoms with Gasteiger partial charge in [0.15, 0.2) is 0 Å². The Balaban J connectivity index is 2.16. The van der Waals surface area contributed by atoms with Crippen LogP contribution >= 0.6 is 0 Å². The molecule has 0 saturated carbocycles. The van der Waals surface area contributed by atoms with Crippen LogP contribution in [0, 0.1) is 0 Å². The summed E-state index contributed by atoms with van der Waals surface area (Å²) in [7, 11) is 1.26. The second kappa shape index (κ2) is 7.15. The first-order valence-electron chi connectivity index (χ1n) is 5.43. The largest absolute Gasteiger partial charge is 0.467 e. The third-order valence-corrected chi connectivity index (χ3v) is 2.06. The summed E-state index contributed by atoms with van der Waals surface area (Å²) in [6.45, 7) is -0.803. The number of furan rings is 1. The molecule has 1 aromatic heterocycles. The molecule has 1 heterocycles. The van der Waals surface area contributed by atoms with Crippen molar-refractivity contribution in [2.75, 3.05) is 26.9 Å². The molecule has 0 fully saturated rings. The van der Waals surface area contributed by atoms with Crippen LogP contribution in [0.4, 0.5) is 13.2 Å². The molecule has 0 aliphatic rings. The Hall–Kier alpha value is -1.54. The maximum Gasteiger partial charge on any atom is 0.411 e. The molecule has 0 unspecified atom stereocenters.